The Morgan fingerprint density at radius 3 is 2.51 bits per heavy atom. The van der Waals surface area contributed by atoms with Crippen LogP contribution >= 0.6 is 35.0 Å². The summed E-state index contributed by atoms with van der Waals surface area (Å²) in [5, 5.41) is 19.8. The Hall–Kier alpha value is -3.33. The van der Waals surface area contributed by atoms with Crippen molar-refractivity contribution in [2.75, 3.05) is 7.11 Å². The fraction of sp³-hybridized carbons (Fsp3) is 0.120. The smallest absolute Gasteiger partial charge is 0.209 e. The predicted octanol–water partition coefficient (Wildman–Crippen LogP) is 6.18. The summed E-state index contributed by atoms with van der Waals surface area (Å²) in [5.41, 5.74) is 3.67. The Kier molecular flexibility index (Phi) is 7.03. The van der Waals surface area contributed by atoms with Crippen LogP contribution in [-0.4, -0.2) is 37.1 Å². The van der Waals surface area contributed by atoms with E-state index in [2.05, 4.69) is 32.6 Å². The van der Waals surface area contributed by atoms with Gasteiger partial charge in [-0.2, -0.15) is 9.90 Å². The maximum absolute atomic E-state index is 6.51. The standard InChI is InChI=1S/C25H20Cl2N6OS/c1-34-20-10-7-17(8-11-20)15-32-30-24(29-31-32)21-14-28-33(23-13-19(26)9-12-22(23)27)25(21)35-16-18-5-3-2-4-6-18/h2-14H,15-16H2,1H3. The molecule has 0 aliphatic heterocycles. The number of aromatic nitrogens is 6. The van der Waals surface area contributed by atoms with Gasteiger partial charge in [-0.25, -0.2) is 4.68 Å². The second kappa shape index (κ2) is 10.5. The minimum absolute atomic E-state index is 0.484. The van der Waals surface area contributed by atoms with Gasteiger partial charge < -0.3 is 4.74 Å². The molecular weight excluding hydrogens is 503 g/mol. The molecule has 0 spiro atoms. The van der Waals surface area contributed by atoms with Crippen molar-refractivity contribution in [3.8, 4) is 22.8 Å². The van der Waals surface area contributed by atoms with Crippen molar-refractivity contribution < 1.29 is 4.74 Å². The summed E-state index contributed by atoms with van der Waals surface area (Å²) in [6.45, 7) is 0.484. The van der Waals surface area contributed by atoms with E-state index in [-0.39, 0.29) is 0 Å². The fourth-order valence-corrected chi connectivity index (χ4v) is 4.91. The molecule has 0 amide bonds. The number of methoxy groups -OCH3 is 1. The summed E-state index contributed by atoms with van der Waals surface area (Å²) >= 11 is 14.4. The third kappa shape index (κ3) is 5.35. The number of rotatable bonds is 8. The van der Waals surface area contributed by atoms with Crippen molar-refractivity contribution in [1.82, 2.24) is 30.0 Å². The lowest BCUT2D eigenvalue weighted by molar-refractivity contribution is 0.414. The number of hydrogen-bond acceptors (Lipinski definition) is 6. The van der Waals surface area contributed by atoms with Crippen LogP contribution in [0.4, 0.5) is 0 Å². The van der Waals surface area contributed by atoms with Gasteiger partial charge in [0.15, 0.2) is 0 Å². The van der Waals surface area contributed by atoms with Crippen molar-refractivity contribution in [2.24, 2.45) is 0 Å². The Balaban J connectivity index is 1.48. The van der Waals surface area contributed by atoms with E-state index < -0.39 is 0 Å². The first-order valence-electron chi connectivity index (χ1n) is 10.7. The number of ether oxygens (including phenoxy) is 1. The summed E-state index contributed by atoms with van der Waals surface area (Å²) in [6, 6.07) is 23.3. The van der Waals surface area contributed by atoms with Gasteiger partial charge in [-0.3, -0.25) is 0 Å². The normalized spacial score (nSPS) is 11.1. The van der Waals surface area contributed by atoms with Crippen LogP contribution in [0.1, 0.15) is 11.1 Å². The lowest BCUT2D eigenvalue weighted by atomic mass is 10.2. The summed E-state index contributed by atoms with van der Waals surface area (Å²) in [6.07, 6.45) is 1.74. The van der Waals surface area contributed by atoms with Crippen molar-refractivity contribution >= 4 is 35.0 Å². The Morgan fingerprint density at radius 1 is 0.943 bits per heavy atom. The molecule has 0 atom stereocenters. The zero-order valence-electron chi connectivity index (χ0n) is 18.7. The molecular formula is C25H20Cl2N6OS. The minimum Gasteiger partial charge on any atom is -0.497 e. The van der Waals surface area contributed by atoms with E-state index in [1.54, 1.807) is 52.7 Å². The molecule has 0 bridgehead atoms. The highest BCUT2D eigenvalue weighted by Crippen LogP contribution is 2.36. The van der Waals surface area contributed by atoms with Crippen LogP contribution in [0.5, 0.6) is 5.75 Å². The van der Waals surface area contributed by atoms with Crippen molar-refractivity contribution in [2.45, 2.75) is 17.3 Å². The summed E-state index contributed by atoms with van der Waals surface area (Å²) in [7, 11) is 1.64. The Bertz CT molecular complexity index is 1440. The van der Waals surface area contributed by atoms with E-state index in [0.717, 1.165) is 27.7 Å². The van der Waals surface area contributed by atoms with Crippen LogP contribution < -0.4 is 4.74 Å². The topological polar surface area (TPSA) is 70.7 Å². The molecule has 0 saturated carbocycles. The first-order chi connectivity index (χ1) is 17.1. The number of benzene rings is 3. The van der Waals surface area contributed by atoms with Crippen LogP contribution in [-0.2, 0) is 12.3 Å². The molecule has 5 rings (SSSR count). The quantitative estimate of drug-likeness (QED) is 0.226. The van der Waals surface area contributed by atoms with Gasteiger partial charge in [0.1, 0.15) is 10.8 Å². The van der Waals surface area contributed by atoms with Gasteiger partial charge >= 0.3 is 0 Å². The van der Waals surface area contributed by atoms with Crippen molar-refractivity contribution in [1.29, 1.82) is 0 Å². The third-order valence-corrected chi connectivity index (χ3v) is 6.96. The molecule has 5 aromatic rings. The number of halogens is 2. The molecule has 35 heavy (non-hydrogen) atoms. The summed E-state index contributed by atoms with van der Waals surface area (Å²) in [4.78, 5) is 1.56. The number of hydrogen-bond donors (Lipinski definition) is 0. The molecule has 3 aromatic carbocycles. The maximum Gasteiger partial charge on any atom is 0.209 e. The minimum atomic E-state index is 0.484. The molecule has 0 N–H and O–H groups in total. The SMILES string of the molecule is COc1ccc(Cn2nnc(-c3cnn(-c4cc(Cl)ccc4Cl)c3SCc3ccccc3)n2)cc1. The van der Waals surface area contributed by atoms with Crippen molar-refractivity contribution in [3.05, 3.63) is 100 Å². The predicted molar refractivity (Wildman–Crippen MR) is 138 cm³/mol. The first-order valence-corrected chi connectivity index (χ1v) is 12.5. The summed E-state index contributed by atoms with van der Waals surface area (Å²) < 4.78 is 7.00. The van der Waals surface area contributed by atoms with Crippen LogP contribution in [0.25, 0.3) is 17.1 Å². The fourth-order valence-electron chi connectivity index (χ4n) is 3.49. The van der Waals surface area contributed by atoms with Gasteiger partial charge in [-0.1, -0.05) is 65.7 Å². The highest BCUT2D eigenvalue weighted by molar-refractivity contribution is 7.98. The van der Waals surface area contributed by atoms with Gasteiger partial charge in [0, 0.05) is 10.8 Å². The van der Waals surface area contributed by atoms with E-state index in [0.29, 0.717) is 28.1 Å². The molecule has 0 saturated heterocycles. The molecule has 7 nitrogen and oxygen atoms in total. The molecule has 0 aliphatic carbocycles. The van der Waals surface area contributed by atoms with Crippen LogP contribution in [0, 0.1) is 0 Å². The van der Waals surface area contributed by atoms with Crippen LogP contribution in [0.2, 0.25) is 10.0 Å². The van der Waals surface area contributed by atoms with E-state index in [9.17, 15) is 0 Å². The average molecular weight is 523 g/mol. The largest absolute Gasteiger partial charge is 0.497 e. The monoisotopic (exact) mass is 522 g/mol. The highest BCUT2D eigenvalue weighted by Gasteiger charge is 2.20. The Labute approximate surface area is 216 Å². The highest BCUT2D eigenvalue weighted by atomic mass is 35.5. The maximum atomic E-state index is 6.51. The zero-order valence-corrected chi connectivity index (χ0v) is 21.0. The second-order valence-corrected chi connectivity index (χ2v) is 9.44. The summed E-state index contributed by atoms with van der Waals surface area (Å²) in [5.74, 6) is 2.02. The molecule has 0 aliphatic rings. The van der Waals surface area contributed by atoms with Gasteiger partial charge in [0.05, 0.1) is 36.1 Å². The number of thioether (sulfide) groups is 1. The van der Waals surface area contributed by atoms with Crippen LogP contribution in [0.3, 0.4) is 0 Å². The molecule has 2 heterocycles. The molecule has 2 aromatic heterocycles. The average Bonchev–Trinajstić information content (AvgIpc) is 3.52. The molecule has 0 radical (unpaired) electrons. The molecule has 176 valence electrons. The first kappa shape index (κ1) is 23.4. The van der Waals surface area contributed by atoms with E-state index in [4.69, 9.17) is 27.9 Å². The van der Waals surface area contributed by atoms with Gasteiger partial charge in [0.25, 0.3) is 0 Å². The van der Waals surface area contributed by atoms with Gasteiger partial charge in [-0.05, 0) is 46.7 Å². The number of nitrogens with zero attached hydrogens (tertiary/aromatic N) is 6. The molecule has 0 fully saturated rings. The molecule has 0 unspecified atom stereocenters. The second-order valence-electron chi connectivity index (χ2n) is 7.64. The third-order valence-electron chi connectivity index (χ3n) is 5.26. The van der Waals surface area contributed by atoms with E-state index in [1.165, 1.54) is 5.56 Å². The zero-order chi connectivity index (χ0) is 24.2. The Morgan fingerprint density at radius 2 is 1.74 bits per heavy atom. The lowest BCUT2D eigenvalue weighted by Crippen LogP contribution is -2.04. The van der Waals surface area contributed by atoms with E-state index in [1.807, 2.05) is 42.5 Å². The lowest BCUT2D eigenvalue weighted by Gasteiger charge is -2.10. The van der Waals surface area contributed by atoms with Crippen molar-refractivity contribution in [3.63, 3.8) is 0 Å². The van der Waals surface area contributed by atoms with E-state index >= 15 is 0 Å². The van der Waals surface area contributed by atoms with Gasteiger partial charge in [-0.15, -0.1) is 22.0 Å². The van der Waals surface area contributed by atoms with Crippen LogP contribution in [0.15, 0.2) is 84.0 Å². The van der Waals surface area contributed by atoms with Gasteiger partial charge in [0.2, 0.25) is 5.82 Å². The molecule has 10 heteroatoms. The number of tetrazole rings is 1.